The van der Waals surface area contributed by atoms with E-state index in [9.17, 15) is 0 Å². The van der Waals surface area contributed by atoms with E-state index in [4.69, 9.17) is 17.0 Å². The zero-order valence-electron chi connectivity index (χ0n) is 27.6. The van der Waals surface area contributed by atoms with Crippen molar-refractivity contribution < 1.29 is 20.8 Å². The Labute approximate surface area is 287 Å². The first-order chi connectivity index (χ1) is 21.1. The van der Waals surface area contributed by atoms with Gasteiger partial charge in [0.05, 0.1) is 0 Å². The summed E-state index contributed by atoms with van der Waals surface area (Å²) in [6.07, 6.45) is 0. The summed E-state index contributed by atoms with van der Waals surface area (Å²) in [7, 11) is 11.0. The molecular weight excluding hydrogens is 671 g/mol. The maximum atomic E-state index is 4.93. The number of rotatable bonds is 3. The van der Waals surface area contributed by atoms with Crippen molar-refractivity contribution >= 4 is 48.1 Å². The molecule has 6 rings (SSSR count). The number of halogens is 2. The van der Waals surface area contributed by atoms with Crippen LogP contribution in [-0.4, -0.2) is 9.52 Å². The molecule has 0 saturated heterocycles. The van der Waals surface area contributed by atoms with Crippen LogP contribution in [0.2, 0.25) is 13.1 Å². The molecule has 0 nitrogen and oxygen atoms in total. The summed E-state index contributed by atoms with van der Waals surface area (Å²) in [5.41, 5.74) is 13.6. The Bertz CT molecular complexity index is 1750. The van der Waals surface area contributed by atoms with Gasteiger partial charge in [0.25, 0.3) is 0 Å². The molecule has 0 heterocycles. The molecular formula is C40H44Cl2SiZr. The number of aryl methyl sites for hydroxylation is 5. The third kappa shape index (κ3) is 9.17. The van der Waals surface area contributed by atoms with Crippen LogP contribution in [-0.2, 0) is 20.8 Å². The van der Waals surface area contributed by atoms with Gasteiger partial charge in [0.1, 0.15) is 0 Å². The van der Waals surface area contributed by atoms with E-state index in [0.29, 0.717) is 5.92 Å². The number of benzene rings is 4. The second-order valence-corrected chi connectivity index (χ2v) is 16.5. The molecule has 0 aliphatic heterocycles. The van der Waals surface area contributed by atoms with Crippen LogP contribution in [0.1, 0.15) is 53.1 Å². The first-order valence-electron chi connectivity index (χ1n) is 15.1. The van der Waals surface area contributed by atoms with E-state index < -0.39 is 20.8 Å². The van der Waals surface area contributed by atoms with Gasteiger partial charge in [0, 0.05) is 9.52 Å². The summed E-state index contributed by atoms with van der Waals surface area (Å²) < 4.78 is 0. The van der Waals surface area contributed by atoms with Crippen molar-refractivity contribution in [1.82, 2.24) is 0 Å². The molecule has 2 radical (unpaired) electrons. The summed E-state index contributed by atoms with van der Waals surface area (Å²) >= 11 is -0.826. The summed E-state index contributed by atoms with van der Waals surface area (Å²) in [6.45, 7) is 19.8. The van der Waals surface area contributed by atoms with E-state index in [1.165, 1.54) is 77.2 Å². The Morgan fingerprint density at radius 3 is 1.86 bits per heavy atom. The maximum absolute atomic E-state index is 4.93. The molecule has 0 aliphatic rings. The average molecular weight is 715 g/mol. The van der Waals surface area contributed by atoms with Gasteiger partial charge in [-0.15, -0.1) is 68.6 Å². The Hall–Kier alpha value is -2.22. The van der Waals surface area contributed by atoms with Crippen LogP contribution < -0.4 is 0 Å². The van der Waals surface area contributed by atoms with Gasteiger partial charge in [-0.2, -0.15) is 12.1 Å². The van der Waals surface area contributed by atoms with Gasteiger partial charge in [-0.3, -0.25) is 0 Å². The van der Waals surface area contributed by atoms with Crippen molar-refractivity contribution in [2.45, 2.75) is 67.5 Å². The average Bonchev–Trinajstić information content (AvgIpc) is 3.60. The fourth-order valence-electron chi connectivity index (χ4n) is 5.87. The molecule has 0 aromatic heterocycles. The van der Waals surface area contributed by atoms with Gasteiger partial charge >= 0.3 is 37.9 Å². The van der Waals surface area contributed by atoms with Gasteiger partial charge in [0.15, 0.2) is 0 Å². The molecule has 4 heteroatoms. The van der Waals surface area contributed by atoms with Crippen molar-refractivity contribution in [3.8, 4) is 22.3 Å². The van der Waals surface area contributed by atoms with Crippen LogP contribution in [0.3, 0.4) is 0 Å². The van der Waals surface area contributed by atoms with E-state index in [0.717, 1.165) is 9.52 Å². The minimum absolute atomic E-state index is 0.584. The standard InChI is InChI=1S/C20H21.C18H17.C2H6Si.2ClH.Zr/c1-12-8-15(4)20(16(5)9-12)17-7-6-14(3)18-10-13(2)11-19(17)18;1-13(2)16-11-15-9-6-10-17(18(15)12-16)14-7-4-3-5-8-14;1-3-2;;;/h6-11H,1-5H3;3-13H,1-2H3;1-2H3;2*1H;/q2*-1;;;;+4/p-2. The van der Waals surface area contributed by atoms with Crippen molar-refractivity contribution in [3.05, 3.63) is 130 Å². The molecule has 6 aromatic carbocycles. The van der Waals surface area contributed by atoms with Crippen LogP contribution in [0.15, 0.2) is 97.1 Å². The number of hydrogen-bond acceptors (Lipinski definition) is 0. The summed E-state index contributed by atoms with van der Waals surface area (Å²) in [6, 6.07) is 35.5. The molecule has 44 heavy (non-hydrogen) atoms. The number of fused-ring (bicyclic) bond motifs is 2. The molecule has 6 aromatic rings. The van der Waals surface area contributed by atoms with E-state index in [2.05, 4.69) is 159 Å². The second kappa shape index (κ2) is 17.5. The van der Waals surface area contributed by atoms with Gasteiger partial charge in [0.2, 0.25) is 0 Å². The van der Waals surface area contributed by atoms with Gasteiger partial charge in [-0.05, 0) is 48.9 Å². The first-order valence-corrected chi connectivity index (χ1v) is 23.4. The van der Waals surface area contributed by atoms with Crippen LogP contribution >= 0.6 is 17.0 Å². The Kier molecular flexibility index (Phi) is 14.4. The minimum atomic E-state index is -0.826. The van der Waals surface area contributed by atoms with Crippen LogP contribution in [0.25, 0.3) is 43.8 Å². The van der Waals surface area contributed by atoms with E-state index >= 15 is 0 Å². The summed E-state index contributed by atoms with van der Waals surface area (Å²) in [5, 5.41) is 5.49. The predicted molar refractivity (Wildman–Crippen MR) is 197 cm³/mol. The van der Waals surface area contributed by atoms with Crippen LogP contribution in [0, 0.1) is 34.6 Å². The molecule has 0 unspecified atom stereocenters. The topological polar surface area (TPSA) is 0 Å². The van der Waals surface area contributed by atoms with E-state index in [1.54, 1.807) is 0 Å². The van der Waals surface area contributed by atoms with Crippen molar-refractivity contribution in [1.29, 1.82) is 0 Å². The molecule has 226 valence electrons. The van der Waals surface area contributed by atoms with Gasteiger partial charge in [-0.25, -0.2) is 0 Å². The van der Waals surface area contributed by atoms with Gasteiger partial charge in [-0.1, -0.05) is 112 Å². The molecule has 0 fully saturated rings. The third-order valence-electron chi connectivity index (χ3n) is 7.72. The SMILES string of the molecule is CC(C)c1cc2c(-c3ccccc3)cccc2[cH-]1.C[Si]C.Cc1cc(C)c(-c2ccc(C)c3[cH-]c(C)cc23)c(C)c1.[Cl][Zr+2][Cl]. The molecule has 0 atom stereocenters. The summed E-state index contributed by atoms with van der Waals surface area (Å²) in [5.74, 6) is 0.584. The summed E-state index contributed by atoms with van der Waals surface area (Å²) in [4.78, 5) is 0. The van der Waals surface area contributed by atoms with E-state index in [-0.39, 0.29) is 0 Å². The molecule has 0 saturated carbocycles. The van der Waals surface area contributed by atoms with E-state index in [1.807, 2.05) is 0 Å². The molecule has 0 N–H and O–H groups in total. The first kappa shape index (κ1) is 36.3. The predicted octanol–water partition coefficient (Wildman–Crippen LogP) is 13.3. The fraction of sp³-hybridized carbons (Fsp3) is 0.250. The van der Waals surface area contributed by atoms with Gasteiger partial charge < -0.3 is 0 Å². The Balaban J connectivity index is 0.000000205. The molecule has 0 amide bonds. The van der Waals surface area contributed by atoms with Crippen LogP contribution in [0.5, 0.6) is 0 Å². The zero-order valence-corrected chi connectivity index (χ0v) is 32.5. The number of hydrogen-bond donors (Lipinski definition) is 0. The third-order valence-corrected chi connectivity index (χ3v) is 7.72. The molecule has 0 bridgehead atoms. The Morgan fingerprint density at radius 1 is 0.659 bits per heavy atom. The quantitative estimate of drug-likeness (QED) is 0.126. The normalized spacial score (nSPS) is 10.4. The van der Waals surface area contributed by atoms with Crippen LogP contribution in [0.4, 0.5) is 0 Å². The van der Waals surface area contributed by atoms with Crippen molar-refractivity contribution in [2.24, 2.45) is 0 Å². The fourth-order valence-corrected chi connectivity index (χ4v) is 5.87. The monoisotopic (exact) mass is 712 g/mol. The zero-order chi connectivity index (χ0) is 32.4. The molecule has 0 spiro atoms. The second-order valence-electron chi connectivity index (χ2n) is 11.8. The van der Waals surface area contributed by atoms with Crippen molar-refractivity contribution in [2.75, 3.05) is 0 Å². The Morgan fingerprint density at radius 2 is 1.27 bits per heavy atom. The molecule has 0 aliphatic carbocycles. The van der Waals surface area contributed by atoms with Crippen molar-refractivity contribution in [3.63, 3.8) is 0 Å².